The van der Waals surface area contributed by atoms with Crippen molar-refractivity contribution in [1.82, 2.24) is 10.2 Å². The summed E-state index contributed by atoms with van der Waals surface area (Å²) in [4.78, 5) is 15.2. The minimum atomic E-state index is -3.59. The maximum Gasteiger partial charge on any atom is 0.243 e. The monoisotopic (exact) mass is 409 g/mol. The van der Waals surface area contributed by atoms with Gasteiger partial charge in [0.15, 0.2) is 0 Å². The molecule has 0 spiro atoms. The molecular formula is C21H35N3O3S. The van der Waals surface area contributed by atoms with Gasteiger partial charge in [-0.2, -0.15) is 0 Å². The maximum atomic E-state index is 12.9. The fraction of sp³-hybridized carbons (Fsp3) is 0.667. The van der Waals surface area contributed by atoms with Gasteiger partial charge in [-0.25, -0.2) is 8.42 Å². The molecule has 0 unspecified atom stereocenters. The van der Waals surface area contributed by atoms with Crippen molar-refractivity contribution in [3.05, 3.63) is 29.3 Å². The van der Waals surface area contributed by atoms with Gasteiger partial charge in [-0.1, -0.05) is 13.0 Å². The number of rotatable bonds is 8. The van der Waals surface area contributed by atoms with E-state index in [-0.39, 0.29) is 5.91 Å². The van der Waals surface area contributed by atoms with E-state index in [2.05, 4.69) is 17.3 Å². The summed E-state index contributed by atoms with van der Waals surface area (Å²) < 4.78 is 26.3. The average Bonchev–Trinajstić information content (AvgIpc) is 2.62. The van der Waals surface area contributed by atoms with Gasteiger partial charge in [0.2, 0.25) is 15.9 Å². The van der Waals surface area contributed by atoms with Crippen LogP contribution in [0.5, 0.6) is 0 Å². The topological polar surface area (TPSA) is 69.7 Å². The number of benzene rings is 1. The van der Waals surface area contributed by atoms with Crippen LogP contribution in [0.15, 0.2) is 18.2 Å². The molecule has 1 heterocycles. The number of piperidine rings is 1. The summed E-state index contributed by atoms with van der Waals surface area (Å²) >= 11 is 0. The fourth-order valence-corrected chi connectivity index (χ4v) is 4.99. The zero-order chi connectivity index (χ0) is 20.9. The molecule has 2 rings (SSSR count). The van der Waals surface area contributed by atoms with Gasteiger partial charge in [0.1, 0.15) is 6.04 Å². The van der Waals surface area contributed by atoms with Crippen LogP contribution in [0.3, 0.4) is 0 Å². The van der Waals surface area contributed by atoms with E-state index in [9.17, 15) is 13.2 Å². The third-order valence-electron chi connectivity index (χ3n) is 5.76. The fourth-order valence-electron chi connectivity index (χ4n) is 3.79. The highest BCUT2D eigenvalue weighted by Crippen LogP contribution is 2.25. The number of aryl methyl sites for hydroxylation is 2. The molecule has 1 atom stereocenters. The van der Waals surface area contributed by atoms with Gasteiger partial charge in [-0.3, -0.25) is 9.10 Å². The smallest absolute Gasteiger partial charge is 0.243 e. The number of anilines is 1. The van der Waals surface area contributed by atoms with E-state index in [1.165, 1.54) is 4.31 Å². The van der Waals surface area contributed by atoms with Crippen LogP contribution in [0.1, 0.15) is 43.7 Å². The highest BCUT2D eigenvalue weighted by Gasteiger charge is 2.31. The van der Waals surface area contributed by atoms with E-state index < -0.39 is 16.1 Å². The van der Waals surface area contributed by atoms with Crippen molar-refractivity contribution in [2.24, 2.45) is 5.92 Å². The summed E-state index contributed by atoms with van der Waals surface area (Å²) in [5.41, 5.74) is 2.64. The van der Waals surface area contributed by atoms with Crippen molar-refractivity contribution in [3.8, 4) is 0 Å². The Hall–Kier alpha value is -1.60. The van der Waals surface area contributed by atoms with Crippen LogP contribution in [0.4, 0.5) is 5.69 Å². The summed E-state index contributed by atoms with van der Waals surface area (Å²) in [5.74, 6) is 0.404. The molecule has 158 valence electrons. The molecule has 7 heteroatoms. The molecule has 1 aromatic rings. The molecule has 1 N–H and O–H groups in total. The molecule has 0 aliphatic carbocycles. The highest BCUT2D eigenvalue weighted by molar-refractivity contribution is 7.92. The number of nitrogens with one attached hydrogen (secondary N) is 1. The second kappa shape index (κ2) is 9.74. The third kappa shape index (κ3) is 5.95. The van der Waals surface area contributed by atoms with Crippen molar-refractivity contribution in [2.45, 2.75) is 52.5 Å². The standard InChI is InChI=1S/C21H35N3O3S/c1-6-20(21(25)22-12-9-18-10-13-23(4)14-11-18)24(28(5,26)27)19-8-7-16(2)17(3)15-19/h7-8,15,18,20H,6,9-14H2,1-5H3,(H,22,25)/t20-/m0/s1. The van der Waals surface area contributed by atoms with Crippen LogP contribution in [-0.2, 0) is 14.8 Å². The lowest BCUT2D eigenvalue weighted by Crippen LogP contribution is -2.49. The SMILES string of the molecule is CC[C@@H](C(=O)NCCC1CCN(C)CC1)N(c1ccc(C)c(C)c1)S(C)(=O)=O. The largest absolute Gasteiger partial charge is 0.354 e. The number of sulfonamides is 1. The van der Waals surface area contributed by atoms with Crippen molar-refractivity contribution in [1.29, 1.82) is 0 Å². The van der Waals surface area contributed by atoms with E-state index >= 15 is 0 Å². The first-order chi connectivity index (χ1) is 13.1. The average molecular weight is 410 g/mol. The first kappa shape index (κ1) is 22.7. The Morgan fingerprint density at radius 3 is 2.43 bits per heavy atom. The summed E-state index contributed by atoms with van der Waals surface area (Å²) in [5, 5.41) is 2.98. The molecule has 1 amide bonds. The Morgan fingerprint density at radius 1 is 1.25 bits per heavy atom. The Bertz CT molecular complexity index is 771. The normalized spacial score (nSPS) is 17.3. The zero-order valence-electron chi connectivity index (χ0n) is 17.9. The Balaban J connectivity index is 2.07. The number of likely N-dealkylation sites (tertiary alicyclic amines) is 1. The van der Waals surface area contributed by atoms with E-state index in [0.29, 0.717) is 24.6 Å². The Morgan fingerprint density at radius 2 is 1.89 bits per heavy atom. The lowest BCUT2D eigenvalue weighted by atomic mass is 9.94. The van der Waals surface area contributed by atoms with Crippen LogP contribution >= 0.6 is 0 Å². The second-order valence-electron chi connectivity index (χ2n) is 8.08. The minimum absolute atomic E-state index is 0.223. The third-order valence-corrected chi connectivity index (χ3v) is 6.94. The van der Waals surface area contributed by atoms with E-state index in [1.807, 2.05) is 32.9 Å². The number of amides is 1. The van der Waals surface area contributed by atoms with Gasteiger partial charge in [-0.15, -0.1) is 0 Å². The predicted octanol–water partition coefficient (Wildman–Crippen LogP) is 2.70. The molecule has 6 nitrogen and oxygen atoms in total. The maximum absolute atomic E-state index is 12.9. The molecule has 0 saturated carbocycles. The summed E-state index contributed by atoms with van der Waals surface area (Å²) in [6.07, 6.45) is 4.83. The summed E-state index contributed by atoms with van der Waals surface area (Å²) in [6.45, 7) is 8.57. The van der Waals surface area contributed by atoms with Crippen LogP contribution in [-0.4, -0.2) is 58.2 Å². The zero-order valence-corrected chi connectivity index (χ0v) is 18.7. The van der Waals surface area contributed by atoms with Crippen LogP contribution in [0, 0.1) is 19.8 Å². The molecule has 0 bridgehead atoms. The second-order valence-corrected chi connectivity index (χ2v) is 9.94. The van der Waals surface area contributed by atoms with E-state index in [0.717, 1.165) is 49.7 Å². The number of hydrogen-bond donors (Lipinski definition) is 1. The van der Waals surface area contributed by atoms with Crippen LogP contribution < -0.4 is 9.62 Å². The van der Waals surface area contributed by atoms with Crippen LogP contribution in [0.2, 0.25) is 0 Å². The number of carbonyl (C=O) groups excluding carboxylic acids is 1. The van der Waals surface area contributed by atoms with E-state index in [4.69, 9.17) is 0 Å². The predicted molar refractivity (Wildman–Crippen MR) is 115 cm³/mol. The molecule has 0 aromatic heterocycles. The Labute approximate surface area is 170 Å². The number of hydrogen-bond acceptors (Lipinski definition) is 4. The van der Waals surface area contributed by atoms with Gasteiger partial charge in [0, 0.05) is 6.54 Å². The number of nitrogens with zero attached hydrogens (tertiary/aromatic N) is 2. The van der Waals surface area contributed by atoms with Gasteiger partial charge < -0.3 is 10.2 Å². The first-order valence-corrected chi connectivity index (χ1v) is 12.0. The molecule has 1 aliphatic rings. The van der Waals surface area contributed by atoms with Crippen molar-refractivity contribution in [3.63, 3.8) is 0 Å². The quantitative estimate of drug-likeness (QED) is 0.717. The number of carbonyl (C=O) groups is 1. The van der Waals surface area contributed by atoms with Gasteiger partial charge in [-0.05, 0) is 88.8 Å². The molecule has 1 saturated heterocycles. The Kier molecular flexibility index (Phi) is 7.89. The molecule has 1 aromatic carbocycles. The van der Waals surface area contributed by atoms with Gasteiger partial charge in [0.25, 0.3) is 0 Å². The summed E-state index contributed by atoms with van der Waals surface area (Å²) in [7, 11) is -1.45. The van der Waals surface area contributed by atoms with E-state index in [1.54, 1.807) is 6.07 Å². The first-order valence-electron chi connectivity index (χ1n) is 10.2. The summed E-state index contributed by atoms with van der Waals surface area (Å²) in [6, 6.07) is 4.77. The lowest BCUT2D eigenvalue weighted by molar-refractivity contribution is -0.122. The van der Waals surface area contributed by atoms with Crippen molar-refractivity contribution < 1.29 is 13.2 Å². The highest BCUT2D eigenvalue weighted by atomic mass is 32.2. The van der Waals surface area contributed by atoms with Crippen molar-refractivity contribution >= 4 is 21.6 Å². The van der Waals surface area contributed by atoms with Crippen molar-refractivity contribution in [2.75, 3.05) is 37.2 Å². The van der Waals surface area contributed by atoms with Gasteiger partial charge in [0.05, 0.1) is 11.9 Å². The van der Waals surface area contributed by atoms with Gasteiger partial charge >= 0.3 is 0 Å². The molecule has 0 radical (unpaired) electrons. The van der Waals surface area contributed by atoms with Crippen LogP contribution in [0.25, 0.3) is 0 Å². The molecule has 1 aliphatic heterocycles. The lowest BCUT2D eigenvalue weighted by Gasteiger charge is -2.31. The molecule has 28 heavy (non-hydrogen) atoms. The molecule has 1 fully saturated rings. The minimum Gasteiger partial charge on any atom is -0.354 e. The molecular weight excluding hydrogens is 374 g/mol.